The van der Waals surface area contributed by atoms with Gasteiger partial charge in [0.25, 0.3) is 0 Å². The molecule has 0 saturated carbocycles. The number of nitrogens with two attached hydrogens (primary N) is 1. The van der Waals surface area contributed by atoms with Crippen molar-refractivity contribution in [2.24, 2.45) is 5.73 Å². The Labute approximate surface area is 151 Å². The van der Waals surface area contributed by atoms with Crippen molar-refractivity contribution in [3.63, 3.8) is 0 Å². The molecule has 1 aliphatic rings. The lowest BCUT2D eigenvalue weighted by atomic mass is 9.55. The average molecular weight is 331 g/mol. The molecule has 0 heterocycles. The van der Waals surface area contributed by atoms with Crippen molar-refractivity contribution in [3.05, 3.63) is 77.9 Å². The maximum Gasteiger partial charge on any atom is 0.361 e. The van der Waals surface area contributed by atoms with Crippen LogP contribution < -0.4 is 16.7 Å². The number of hydrogen-bond acceptors (Lipinski definition) is 2. The lowest BCUT2D eigenvalue weighted by molar-refractivity contribution is 0.344. The molecule has 25 heavy (non-hydrogen) atoms. The summed E-state index contributed by atoms with van der Waals surface area (Å²) in [4.78, 5) is 0. The molecule has 3 heteroatoms. The van der Waals surface area contributed by atoms with Gasteiger partial charge < -0.3 is 10.4 Å². The minimum atomic E-state index is -0.0716. The number of aryl methyl sites for hydroxylation is 2. The van der Waals surface area contributed by atoms with E-state index in [2.05, 4.69) is 61.2 Å². The smallest absolute Gasteiger partial charge is 0.361 e. The van der Waals surface area contributed by atoms with E-state index in [4.69, 9.17) is 10.4 Å². The van der Waals surface area contributed by atoms with E-state index in [0.717, 1.165) is 25.7 Å². The SMILES string of the molecule is C=CCCc1ccc(B(OCCN)c2ccc3c(c2)C=CCC3)cc1. The third-order valence-corrected chi connectivity index (χ3v) is 4.67. The maximum absolute atomic E-state index is 6.11. The fourth-order valence-corrected chi connectivity index (χ4v) is 3.31. The van der Waals surface area contributed by atoms with Gasteiger partial charge in [-0.3, -0.25) is 0 Å². The molecule has 0 aliphatic heterocycles. The largest absolute Gasteiger partial charge is 0.426 e. The normalized spacial score (nSPS) is 12.7. The van der Waals surface area contributed by atoms with Gasteiger partial charge in [-0.15, -0.1) is 6.58 Å². The number of benzene rings is 2. The molecule has 2 nitrogen and oxygen atoms in total. The van der Waals surface area contributed by atoms with Crippen LogP contribution in [0.3, 0.4) is 0 Å². The lowest BCUT2D eigenvalue weighted by Crippen LogP contribution is -2.46. The maximum atomic E-state index is 6.11. The molecule has 0 amide bonds. The van der Waals surface area contributed by atoms with Crippen molar-refractivity contribution in [1.82, 2.24) is 0 Å². The van der Waals surface area contributed by atoms with E-state index >= 15 is 0 Å². The summed E-state index contributed by atoms with van der Waals surface area (Å²) < 4.78 is 6.11. The van der Waals surface area contributed by atoms with E-state index in [-0.39, 0.29) is 6.92 Å². The molecule has 0 aromatic heterocycles. The van der Waals surface area contributed by atoms with Gasteiger partial charge in [0.15, 0.2) is 0 Å². The van der Waals surface area contributed by atoms with Crippen LogP contribution in [0.15, 0.2) is 61.2 Å². The van der Waals surface area contributed by atoms with Gasteiger partial charge in [0.1, 0.15) is 0 Å². The van der Waals surface area contributed by atoms with Crippen molar-refractivity contribution in [2.45, 2.75) is 25.7 Å². The molecule has 0 unspecified atom stereocenters. The Morgan fingerprint density at radius 3 is 2.68 bits per heavy atom. The van der Waals surface area contributed by atoms with Crippen LogP contribution in [-0.2, 0) is 17.5 Å². The second-order valence-electron chi connectivity index (χ2n) is 6.51. The summed E-state index contributed by atoms with van der Waals surface area (Å²) in [6.07, 6.45) is 10.7. The van der Waals surface area contributed by atoms with Crippen LogP contribution in [0.5, 0.6) is 0 Å². The van der Waals surface area contributed by atoms with Gasteiger partial charge in [0.05, 0.1) is 0 Å². The molecule has 128 valence electrons. The van der Waals surface area contributed by atoms with E-state index < -0.39 is 0 Å². The molecule has 1 aliphatic carbocycles. The Hall–Kier alpha value is -2.10. The van der Waals surface area contributed by atoms with Crippen LogP contribution in [0.2, 0.25) is 0 Å². The van der Waals surface area contributed by atoms with Crippen LogP contribution in [0.1, 0.15) is 29.5 Å². The molecule has 0 radical (unpaired) electrons. The summed E-state index contributed by atoms with van der Waals surface area (Å²) in [6, 6.07) is 15.4. The van der Waals surface area contributed by atoms with E-state index in [1.165, 1.54) is 27.6 Å². The Bertz CT molecular complexity index is 736. The highest BCUT2D eigenvalue weighted by molar-refractivity contribution is 6.80. The van der Waals surface area contributed by atoms with Gasteiger partial charge in [0, 0.05) is 13.2 Å². The zero-order chi connectivity index (χ0) is 17.5. The summed E-state index contributed by atoms with van der Waals surface area (Å²) in [5, 5.41) is 0. The Morgan fingerprint density at radius 2 is 1.92 bits per heavy atom. The molecule has 2 N–H and O–H groups in total. The molecular formula is C22H26BNO. The van der Waals surface area contributed by atoms with Gasteiger partial charge >= 0.3 is 6.92 Å². The predicted octanol–water partition coefficient (Wildman–Crippen LogP) is 2.85. The predicted molar refractivity (Wildman–Crippen MR) is 109 cm³/mol. The number of rotatable bonds is 8. The quantitative estimate of drug-likeness (QED) is 0.596. The lowest BCUT2D eigenvalue weighted by Gasteiger charge is -2.18. The third-order valence-electron chi connectivity index (χ3n) is 4.67. The first kappa shape index (κ1) is 17.7. The second kappa shape index (κ2) is 8.84. The van der Waals surface area contributed by atoms with Crippen molar-refractivity contribution < 1.29 is 4.65 Å². The molecule has 0 fully saturated rings. The van der Waals surface area contributed by atoms with Crippen LogP contribution in [0.25, 0.3) is 6.08 Å². The zero-order valence-electron chi connectivity index (χ0n) is 14.8. The number of fused-ring (bicyclic) bond motifs is 1. The van der Waals surface area contributed by atoms with Gasteiger partial charge in [0.2, 0.25) is 0 Å². The first-order valence-corrected chi connectivity index (χ1v) is 9.12. The third kappa shape index (κ3) is 4.50. The second-order valence-corrected chi connectivity index (χ2v) is 6.51. The topological polar surface area (TPSA) is 35.2 Å². The van der Waals surface area contributed by atoms with Gasteiger partial charge in [-0.05, 0) is 53.3 Å². The highest BCUT2D eigenvalue weighted by Gasteiger charge is 2.22. The van der Waals surface area contributed by atoms with Crippen molar-refractivity contribution in [1.29, 1.82) is 0 Å². The van der Waals surface area contributed by atoms with Crippen LogP contribution >= 0.6 is 0 Å². The molecule has 0 bridgehead atoms. The minimum Gasteiger partial charge on any atom is -0.426 e. The molecule has 2 aromatic carbocycles. The number of allylic oxidation sites excluding steroid dienone is 2. The average Bonchev–Trinajstić information content (AvgIpc) is 2.67. The van der Waals surface area contributed by atoms with Crippen LogP contribution in [-0.4, -0.2) is 20.1 Å². The van der Waals surface area contributed by atoms with Gasteiger partial charge in [-0.25, -0.2) is 0 Å². The highest BCUT2D eigenvalue weighted by Crippen LogP contribution is 2.17. The highest BCUT2D eigenvalue weighted by atomic mass is 16.4. The molecule has 0 saturated heterocycles. The number of hydrogen-bond donors (Lipinski definition) is 1. The van der Waals surface area contributed by atoms with E-state index in [1.807, 2.05) is 6.08 Å². The summed E-state index contributed by atoms with van der Waals surface area (Å²) in [6.45, 7) is 4.80. The fourth-order valence-electron chi connectivity index (χ4n) is 3.31. The van der Waals surface area contributed by atoms with Crippen LogP contribution in [0, 0.1) is 0 Å². The molecular weight excluding hydrogens is 305 g/mol. The van der Waals surface area contributed by atoms with E-state index in [1.54, 1.807) is 0 Å². The van der Waals surface area contributed by atoms with E-state index in [9.17, 15) is 0 Å². The Morgan fingerprint density at radius 1 is 1.12 bits per heavy atom. The Kier molecular flexibility index (Phi) is 6.27. The zero-order valence-corrected chi connectivity index (χ0v) is 14.8. The summed E-state index contributed by atoms with van der Waals surface area (Å²) in [5.41, 5.74) is 12.1. The van der Waals surface area contributed by atoms with Crippen molar-refractivity contribution >= 4 is 23.9 Å². The standard InChI is InChI=1S/C22H26BNO/c1-2-3-6-18-9-12-21(13-10-18)23(25-16-15-24)22-14-11-19-7-4-5-8-20(19)17-22/h2,5,8-14,17H,1,3-4,6-7,15-16,24H2. The van der Waals surface area contributed by atoms with E-state index in [0.29, 0.717) is 13.2 Å². The molecule has 3 rings (SSSR count). The summed E-state index contributed by atoms with van der Waals surface area (Å²) in [5.74, 6) is 0. The van der Waals surface area contributed by atoms with Gasteiger partial charge in [-0.1, -0.05) is 60.7 Å². The summed E-state index contributed by atoms with van der Waals surface area (Å²) in [7, 11) is 0. The van der Waals surface area contributed by atoms with Gasteiger partial charge in [-0.2, -0.15) is 0 Å². The van der Waals surface area contributed by atoms with Crippen molar-refractivity contribution in [3.8, 4) is 0 Å². The first-order chi connectivity index (χ1) is 12.3. The minimum absolute atomic E-state index is 0.0716. The van der Waals surface area contributed by atoms with Crippen molar-refractivity contribution in [2.75, 3.05) is 13.2 Å². The molecule has 2 aromatic rings. The van der Waals surface area contributed by atoms with Crippen LogP contribution in [0.4, 0.5) is 0 Å². The molecule has 0 atom stereocenters. The fraction of sp³-hybridized carbons (Fsp3) is 0.273. The first-order valence-electron chi connectivity index (χ1n) is 9.12. The monoisotopic (exact) mass is 331 g/mol. The summed E-state index contributed by atoms with van der Waals surface area (Å²) >= 11 is 0. The Balaban J connectivity index is 1.86. The molecule has 0 spiro atoms.